The van der Waals surface area contributed by atoms with E-state index in [2.05, 4.69) is 5.32 Å². The van der Waals surface area contributed by atoms with Gasteiger partial charge in [0.05, 0.1) is 6.61 Å². The van der Waals surface area contributed by atoms with Crippen LogP contribution in [0.4, 0.5) is 0 Å². The number of aliphatic hydroxyl groups is 1. The molecule has 1 aromatic rings. The van der Waals surface area contributed by atoms with Crippen molar-refractivity contribution >= 4 is 23.2 Å². The summed E-state index contributed by atoms with van der Waals surface area (Å²) in [5.74, 6) is 0. The van der Waals surface area contributed by atoms with E-state index in [4.69, 9.17) is 27.9 Å². The van der Waals surface area contributed by atoms with E-state index in [1.54, 1.807) is 6.07 Å². The Morgan fingerprint density at radius 2 is 2.00 bits per heavy atom. The molecule has 17 heavy (non-hydrogen) atoms. The Bertz CT molecular complexity index is 372. The number of halogens is 2. The Morgan fingerprint density at radius 1 is 1.29 bits per heavy atom. The molecule has 0 bridgehead atoms. The molecule has 2 N–H and O–H groups in total. The predicted molar refractivity (Wildman–Crippen MR) is 68.6 cm³/mol. The molecule has 1 aliphatic heterocycles. The van der Waals surface area contributed by atoms with Crippen LogP contribution in [0.2, 0.25) is 10.0 Å². The van der Waals surface area contributed by atoms with E-state index in [9.17, 15) is 5.11 Å². The van der Waals surface area contributed by atoms with Gasteiger partial charge in [0.15, 0.2) is 0 Å². The molecule has 1 unspecified atom stereocenters. The van der Waals surface area contributed by atoms with Gasteiger partial charge in [0.1, 0.15) is 5.60 Å². The van der Waals surface area contributed by atoms with Crippen LogP contribution >= 0.6 is 23.2 Å². The molecular weight excluding hydrogens is 261 g/mol. The van der Waals surface area contributed by atoms with Crippen molar-refractivity contribution in [2.75, 3.05) is 19.8 Å². The molecule has 0 saturated carbocycles. The van der Waals surface area contributed by atoms with Gasteiger partial charge in [-0.05, 0) is 23.8 Å². The molecule has 1 fully saturated rings. The van der Waals surface area contributed by atoms with Crippen molar-refractivity contribution in [2.24, 2.45) is 0 Å². The second-order valence-electron chi connectivity index (χ2n) is 4.41. The number of hydrogen-bond acceptors (Lipinski definition) is 3. The lowest BCUT2D eigenvalue weighted by Crippen LogP contribution is -2.40. The van der Waals surface area contributed by atoms with E-state index in [-0.39, 0.29) is 0 Å². The maximum Gasteiger partial charge on any atom is 0.102 e. The first-order valence-electron chi connectivity index (χ1n) is 5.53. The minimum absolute atomic E-state index is 0.399. The monoisotopic (exact) mass is 275 g/mol. The molecule has 94 valence electrons. The van der Waals surface area contributed by atoms with Crippen molar-refractivity contribution in [3.63, 3.8) is 0 Å². The van der Waals surface area contributed by atoms with Gasteiger partial charge >= 0.3 is 0 Å². The molecule has 1 aromatic carbocycles. The van der Waals surface area contributed by atoms with Crippen LogP contribution in [-0.2, 0) is 11.3 Å². The van der Waals surface area contributed by atoms with E-state index in [1.165, 1.54) is 0 Å². The van der Waals surface area contributed by atoms with Crippen LogP contribution in [0.5, 0.6) is 0 Å². The molecule has 5 heteroatoms. The molecule has 1 heterocycles. The molecule has 0 aromatic heterocycles. The summed E-state index contributed by atoms with van der Waals surface area (Å²) < 4.78 is 5.17. The molecule has 3 nitrogen and oxygen atoms in total. The summed E-state index contributed by atoms with van der Waals surface area (Å²) in [4.78, 5) is 0. The highest BCUT2D eigenvalue weighted by molar-refractivity contribution is 6.34. The van der Waals surface area contributed by atoms with Gasteiger partial charge in [0.2, 0.25) is 0 Å². The first-order valence-corrected chi connectivity index (χ1v) is 6.29. The first kappa shape index (κ1) is 13.1. The van der Waals surface area contributed by atoms with E-state index in [0.717, 1.165) is 5.56 Å². The SMILES string of the molecule is OC1(CNCc2cc(Cl)cc(Cl)c2)CCOC1. The van der Waals surface area contributed by atoms with Crippen LogP contribution in [0.3, 0.4) is 0 Å². The molecule has 2 rings (SSSR count). The van der Waals surface area contributed by atoms with Crippen LogP contribution in [0.25, 0.3) is 0 Å². The van der Waals surface area contributed by atoms with Crippen molar-refractivity contribution < 1.29 is 9.84 Å². The molecule has 1 atom stereocenters. The average Bonchev–Trinajstić information content (AvgIpc) is 2.64. The van der Waals surface area contributed by atoms with Crippen LogP contribution in [0.15, 0.2) is 18.2 Å². The maximum atomic E-state index is 10.0. The average molecular weight is 276 g/mol. The van der Waals surface area contributed by atoms with Gasteiger partial charge in [-0.1, -0.05) is 23.2 Å². The van der Waals surface area contributed by atoms with Gasteiger partial charge in [0.25, 0.3) is 0 Å². The Kier molecular flexibility index (Phi) is 4.28. The van der Waals surface area contributed by atoms with Crippen molar-refractivity contribution in [1.29, 1.82) is 0 Å². The van der Waals surface area contributed by atoms with Crippen LogP contribution < -0.4 is 5.32 Å². The zero-order chi connectivity index (χ0) is 12.3. The fraction of sp³-hybridized carbons (Fsp3) is 0.500. The topological polar surface area (TPSA) is 41.5 Å². The highest BCUT2D eigenvalue weighted by atomic mass is 35.5. The van der Waals surface area contributed by atoms with Gasteiger partial charge in [-0.15, -0.1) is 0 Å². The number of rotatable bonds is 4. The summed E-state index contributed by atoms with van der Waals surface area (Å²) in [6.07, 6.45) is 0.677. The summed E-state index contributed by atoms with van der Waals surface area (Å²) in [7, 11) is 0. The number of benzene rings is 1. The second kappa shape index (κ2) is 5.55. The van der Waals surface area contributed by atoms with Crippen molar-refractivity contribution in [3.8, 4) is 0 Å². The molecule has 1 saturated heterocycles. The Labute approximate surface area is 111 Å². The summed E-state index contributed by atoms with van der Waals surface area (Å²) >= 11 is 11.8. The summed E-state index contributed by atoms with van der Waals surface area (Å²) in [5.41, 5.74) is 0.271. The Balaban J connectivity index is 1.85. The van der Waals surface area contributed by atoms with Crippen molar-refractivity contribution in [3.05, 3.63) is 33.8 Å². The Morgan fingerprint density at radius 3 is 2.59 bits per heavy atom. The van der Waals surface area contributed by atoms with Crippen molar-refractivity contribution in [1.82, 2.24) is 5.32 Å². The molecule has 0 amide bonds. The lowest BCUT2D eigenvalue weighted by Gasteiger charge is -2.20. The molecule has 0 spiro atoms. The fourth-order valence-electron chi connectivity index (χ4n) is 1.89. The highest BCUT2D eigenvalue weighted by Gasteiger charge is 2.31. The lowest BCUT2D eigenvalue weighted by molar-refractivity contribution is 0.0268. The lowest BCUT2D eigenvalue weighted by atomic mass is 10.0. The molecular formula is C12H15Cl2NO2. The van der Waals surface area contributed by atoms with E-state index in [1.807, 2.05) is 12.1 Å². The largest absolute Gasteiger partial charge is 0.386 e. The predicted octanol–water partition coefficient (Wildman–Crippen LogP) is 2.23. The highest BCUT2D eigenvalue weighted by Crippen LogP contribution is 2.20. The van der Waals surface area contributed by atoms with Crippen LogP contribution in [0, 0.1) is 0 Å². The zero-order valence-corrected chi connectivity index (χ0v) is 10.9. The zero-order valence-electron chi connectivity index (χ0n) is 9.38. The normalized spacial score (nSPS) is 24.2. The third-order valence-corrected chi connectivity index (χ3v) is 3.22. The summed E-state index contributed by atoms with van der Waals surface area (Å²) in [6, 6.07) is 5.41. The quantitative estimate of drug-likeness (QED) is 0.886. The third kappa shape index (κ3) is 3.83. The molecule has 0 radical (unpaired) electrons. The van der Waals surface area contributed by atoms with Gasteiger partial charge in [-0.25, -0.2) is 0 Å². The van der Waals surface area contributed by atoms with Gasteiger partial charge in [-0.3, -0.25) is 0 Å². The van der Waals surface area contributed by atoms with Crippen molar-refractivity contribution in [2.45, 2.75) is 18.6 Å². The fourth-order valence-corrected chi connectivity index (χ4v) is 2.46. The standard InChI is InChI=1S/C12H15Cl2NO2/c13-10-3-9(4-11(14)5-10)6-15-7-12(16)1-2-17-8-12/h3-5,15-16H,1-2,6-8H2. The van der Waals surface area contributed by atoms with Gasteiger partial charge in [0, 0.05) is 36.2 Å². The Hall–Kier alpha value is -0.320. The summed E-state index contributed by atoms with van der Waals surface area (Å²) in [6.45, 7) is 2.16. The van der Waals surface area contributed by atoms with E-state index in [0.29, 0.717) is 42.8 Å². The smallest absolute Gasteiger partial charge is 0.102 e. The van der Waals surface area contributed by atoms with E-state index < -0.39 is 5.60 Å². The third-order valence-electron chi connectivity index (χ3n) is 2.79. The van der Waals surface area contributed by atoms with Crippen LogP contribution in [-0.4, -0.2) is 30.5 Å². The first-order chi connectivity index (χ1) is 8.07. The number of hydrogen-bond donors (Lipinski definition) is 2. The number of ether oxygens (including phenoxy) is 1. The molecule has 0 aliphatic carbocycles. The molecule has 1 aliphatic rings. The maximum absolute atomic E-state index is 10.0. The van der Waals surface area contributed by atoms with E-state index >= 15 is 0 Å². The minimum atomic E-state index is -0.734. The van der Waals surface area contributed by atoms with Gasteiger partial charge in [-0.2, -0.15) is 0 Å². The summed E-state index contributed by atoms with van der Waals surface area (Å²) in [5, 5.41) is 14.5. The number of nitrogens with one attached hydrogen (secondary N) is 1. The minimum Gasteiger partial charge on any atom is -0.386 e. The second-order valence-corrected chi connectivity index (χ2v) is 5.28. The van der Waals surface area contributed by atoms with Gasteiger partial charge < -0.3 is 15.2 Å². The van der Waals surface area contributed by atoms with Crippen LogP contribution in [0.1, 0.15) is 12.0 Å².